The molecule has 0 saturated heterocycles. The van der Waals surface area contributed by atoms with Gasteiger partial charge < -0.3 is 5.11 Å². The van der Waals surface area contributed by atoms with Crippen LogP contribution in [0.25, 0.3) is 16.3 Å². The Balaban J connectivity index is 2.32. The van der Waals surface area contributed by atoms with Gasteiger partial charge in [0.15, 0.2) is 5.69 Å². The highest BCUT2D eigenvalue weighted by Gasteiger charge is 2.14. The third kappa shape index (κ3) is 1.79. The Kier molecular flexibility index (Phi) is 2.60. The second-order valence-corrected chi connectivity index (χ2v) is 5.87. The van der Waals surface area contributed by atoms with Crippen LogP contribution >= 0.6 is 27.3 Å². The van der Waals surface area contributed by atoms with Crippen LogP contribution in [0.2, 0.25) is 0 Å². The summed E-state index contributed by atoms with van der Waals surface area (Å²) in [6.07, 6.45) is 1.35. The maximum Gasteiger partial charge on any atom is 0.354 e. The number of carboxylic acid groups (broad SMARTS) is 1. The lowest BCUT2D eigenvalue weighted by Gasteiger charge is -2.02. The maximum atomic E-state index is 11.0. The molecule has 0 bridgehead atoms. The average Bonchev–Trinajstić information content (AvgIpc) is 2.95. The SMILES string of the molecule is O=C(O)c1cc(-c2ccc(Br)s2)n2ncnc2n1. The second kappa shape index (κ2) is 4.14. The van der Waals surface area contributed by atoms with Gasteiger partial charge in [-0.1, -0.05) is 0 Å². The van der Waals surface area contributed by atoms with Crippen LogP contribution in [-0.4, -0.2) is 30.7 Å². The van der Waals surface area contributed by atoms with Crippen molar-refractivity contribution in [2.75, 3.05) is 0 Å². The molecular weight excluding hydrogens is 320 g/mol. The molecule has 8 heteroatoms. The van der Waals surface area contributed by atoms with Crippen molar-refractivity contribution < 1.29 is 9.90 Å². The van der Waals surface area contributed by atoms with Gasteiger partial charge in [0.05, 0.1) is 14.4 Å². The highest BCUT2D eigenvalue weighted by molar-refractivity contribution is 9.11. The number of aromatic nitrogens is 4. The zero-order valence-corrected chi connectivity index (χ0v) is 11.1. The van der Waals surface area contributed by atoms with Crippen molar-refractivity contribution in [2.24, 2.45) is 0 Å². The highest BCUT2D eigenvalue weighted by atomic mass is 79.9. The van der Waals surface area contributed by atoms with E-state index in [9.17, 15) is 4.79 Å². The van der Waals surface area contributed by atoms with Crippen LogP contribution in [-0.2, 0) is 0 Å². The Morgan fingerprint density at radius 2 is 2.28 bits per heavy atom. The van der Waals surface area contributed by atoms with E-state index < -0.39 is 5.97 Å². The summed E-state index contributed by atoms with van der Waals surface area (Å²) in [6.45, 7) is 0. The summed E-state index contributed by atoms with van der Waals surface area (Å²) in [4.78, 5) is 19.8. The average molecular weight is 325 g/mol. The lowest BCUT2D eigenvalue weighted by Crippen LogP contribution is -2.05. The van der Waals surface area contributed by atoms with E-state index in [2.05, 4.69) is 31.0 Å². The Bertz CT molecular complexity index is 751. The van der Waals surface area contributed by atoms with Crippen LogP contribution in [0.15, 0.2) is 28.3 Å². The fourth-order valence-electron chi connectivity index (χ4n) is 1.55. The van der Waals surface area contributed by atoms with Crippen LogP contribution in [0.1, 0.15) is 10.5 Å². The molecule has 3 heterocycles. The van der Waals surface area contributed by atoms with Gasteiger partial charge in [0.1, 0.15) is 6.33 Å². The van der Waals surface area contributed by atoms with Crippen molar-refractivity contribution in [3.8, 4) is 10.6 Å². The third-order valence-electron chi connectivity index (χ3n) is 2.30. The first kappa shape index (κ1) is 11.3. The van der Waals surface area contributed by atoms with Gasteiger partial charge in [0.25, 0.3) is 5.78 Å². The molecule has 3 aromatic rings. The van der Waals surface area contributed by atoms with Gasteiger partial charge >= 0.3 is 5.97 Å². The Morgan fingerprint density at radius 3 is 2.94 bits per heavy atom. The smallest absolute Gasteiger partial charge is 0.354 e. The van der Waals surface area contributed by atoms with E-state index in [4.69, 9.17) is 5.11 Å². The predicted molar refractivity (Wildman–Crippen MR) is 68.8 cm³/mol. The van der Waals surface area contributed by atoms with E-state index in [1.807, 2.05) is 12.1 Å². The van der Waals surface area contributed by atoms with Crippen molar-refractivity contribution in [3.63, 3.8) is 0 Å². The summed E-state index contributed by atoms with van der Waals surface area (Å²) in [6, 6.07) is 5.27. The van der Waals surface area contributed by atoms with Crippen LogP contribution in [0.4, 0.5) is 0 Å². The molecule has 0 amide bonds. The summed E-state index contributed by atoms with van der Waals surface area (Å²) >= 11 is 4.86. The van der Waals surface area contributed by atoms with Crippen molar-refractivity contribution in [1.29, 1.82) is 0 Å². The van der Waals surface area contributed by atoms with Gasteiger partial charge in [-0.25, -0.2) is 9.78 Å². The predicted octanol–water partition coefficient (Wildman–Crippen LogP) is 2.31. The minimum absolute atomic E-state index is 0.0463. The van der Waals surface area contributed by atoms with E-state index in [1.54, 1.807) is 0 Å². The molecule has 0 aliphatic rings. The monoisotopic (exact) mass is 324 g/mol. The first-order chi connectivity index (χ1) is 8.65. The van der Waals surface area contributed by atoms with Gasteiger partial charge in [-0.2, -0.15) is 14.6 Å². The van der Waals surface area contributed by atoms with Gasteiger partial charge in [0.2, 0.25) is 0 Å². The van der Waals surface area contributed by atoms with E-state index in [1.165, 1.54) is 28.2 Å². The largest absolute Gasteiger partial charge is 0.477 e. The van der Waals surface area contributed by atoms with Crippen LogP contribution in [0, 0.1) is 0 Å². The summed E-state index contributed by atoms with van der Waals surface area (Å²) < 4.78 is 2.48. The molecule has 0 spiro atoms. The van der Waals surface area contributed by atoms with Crippen molar-refractivity contribution >= 4 is 39.0 Å². The van der Waals surface area contributed by atoms with Crippen LogP contribution < -0.4 is 0 Å². The molecule has 0 unspecified atom stereocenters. The lowest BCUT2D eigenvalue weighted by molar-refractivity contribution is 0.0690. The molecule has 6 nitrogen and oxygen atoms in total. The van der Waals surface area contributed by atoms with E-state index in [-0.39, 0.29) is 11.5 Å². The molecule has 0 fully saturated rings. The molecule has 0 aromatic carbocycles. The Labute approximate surface area is 113 Å². The number of hydrogen-bond donors (Lipinski definition) is 1. The fourth-order valence-corrected chi connectivity index (χ4v) is 2.94. The zero-order valence-electron chi connectivity index (χ0n) is 8.74. The summed E-state index contributed by atoms with van der Waals surface area (Å²) in [5, 5.41) is 13.1. The minimum Gasteiger partial charge on any atom is -0.477 e. The van der Waals surface area contributed by atoms with E-state index >= 15 is 0 Å². The van der Waals surface area contributed by atoms with Gasteiger partial charge in [-0.3, -0.25) is 0 Å². The first-order valence-electron chi connectivity index (χ1n) is 4.85. The number of carbonyl (C=O) groups is 1. The summed E-state index contributed by atoms with van der Waals surface area (Å²) in [5.74, 6) is -0.813. The molecular formula is C10H5BrN4O2S. The van der Waals surface area contributed by atoms with Gasteiger partial charge in [-0.15, -0.1) is 11.3 Å². The third-order valence-corrected chi connectivity index (χ3v) is 3.94. The number of aromatic carboxylic acids is 1. The Morgan fingerprint density at radius 1 is 1.44 bits per heavy atom. The molecule has 0 radical (unpaired) electrons. The molecule has 0 aliphatic carbocycles. The number of halogens is 1. The molecule has 0 aliphatic heterocycles. The molecule has 90 valence electrons. The van der Waals surface area contributed by atoms with Gasteiger partial charge in [0, 0.05) is 0 Å². The van der Waals surface area contributed by atoms with E-state index in [0.717, 1.165) is 8.66 Å². The first-order valence-corrected chi connectivity index (χ1v) is 6.46. The van der Waals surface area contributed by atoms with Crippen LogP contribution in [0.3, 0.4) is 0 Å². The topological polar surface area (TPSA) is 80.4 Å². The molecule has 0 saturated carbocycles. The lowest BCUT2D eigenvalue weighted by atomic mass is 10.3. The van der Waals surface area contributed by atoms with Crippen molar-refractivity contribution in [2.45, 2.75) is 0 Å². The molecule has 0 atom stereocenters. The number of hydrogen-bond acceptors (Lipinski definition) is 5. The van der Waals surface area contributed by atoms with E-state index in [0.29, 0.717) is 5.69 Å². The summed E-state index contributed by atoms with van der Waals surface area (Å²) in [5.41, 5.74) is 0.612. The minimum atomic E-state index is -1.09. The molecule has 18 heavy (non-hydrogen) atoms. The number of thiophene rings is 1. The quantitative estimate of drug-likeness (QED) is 0.782. The van der Waals surface area contributed by atoms with Crippen molar-refractivity contribution in [1.82, 2.24) is 19.6 Å². The normalized spacial score (nSPS) is 10.9. The fraction of sp³-hybridized carbons (Fsp3) is 0. The molecule has 3 rings (SSSR count). The number of rotatable bonds is 2. The second-order valence-electron chi connectivity index (χ2n) is 3.41. The Hall–Kier alpha value is -1.80. The zero-order chi connectivity index (χ0) is 12.7. The molecule has 1 N–H and O–H groups in total. The highest BCUT2D eigenvalue weighted by Crippen LogP contribution is 2.31. The maximum absolute atomic E-state index is 11.0. The number of carboxylic acids is 1. The number of fused-ring (bicyclic) bond motifs is 1. The molecule has 3 aromatic heterocycles. The standard InChI is InChI=1S/C10H5BrN4O2S/c11-8-2-1-7(18-8)6-3-5(9(16)17)14-10-12-4-13-15(6)10/h1-4H,(H,16,17). The van der Waals surface area contributed by atoms with Crippen molar-refractivity contribution in [3.05, 3.63) is 34.0 Å². The van der Waals surface area contributed by atoms with Gasteiger partial charge in [-0.05, 0) is 34.1 Å². The van der Waals surface area contributed by atoms with Crippen LogP contribution in [0.5, 0.6) is 0 Å². The number of nitrogens with zero attached hydrogens (tertiary/aromatic N) is 4. The summed E-state index contributed by atoms with van der Waals surface area (Å²) in [7, 11) is 0.